The molecule has 1 aliphatic rings. The highest BCUT2D eigenvalue weighted by Gasteiger charge is 2.22. The van der Waals surface area contributed by atoms with Crippen molar-refractivity contribution < 1.29 is 4.79 Å². The van der Waals surface area contributed by atoms with E-state index in [0.717, 1.165) is 11.0 Å². The van der Waals surface area contributed by atoms with Crippen LogP contribution in [0, 0.1) is 5.92 Å². The van der Waals surface area contributed by atoms with Crippen LogP contribution in [-0.4, -0.2) is 12.5 Å². The highest BCUT2D eigenvalue weighted by atomic mass is 79.9. The molecule has 1 amide bonds. The first kappa shape index (κ1) is 10.5. The molecule has 0 unspecified atom stereocenters. The van der Waals surface area contributed by atoms with Gasteiger partial charge >= 0.3 is 0 Å². The summed E-state index contributed by atoms with van der Waals surface area (Å²) in [6, 6.07) is 5.31. The minimum atomic E-state index is -0.0827. The van der Waals surface area contributed by atoms with E-state index in [9.17, 15) is 4.79 Å². The maximum absolute atomic E-state index is 11.7. The number of carbonyl (C=O) groups excluding carboxylic acids is 1. The lowest BCUT2D eigenvalue weighted by Crippen LogP contribution is -2.26. The number of nitrogens with one attached hydrogen (secondary N) is 1. The number of anilines is 1. The molecule has 80 valence electrons. The molecule has 0 spiro atoms. The Morgan fingerprint density at radius 1 is 1.53 bits per heavy atom. The molecule has 0 radical (unpaired) electrons. The van der Waals surface area contributed by atoms with Crippen molar-refractivity contribution in [3.63, 3.8) is 0 Å². The highest BCUT2D eigenvalue weighted by molar-refractivity contribution is 9.10. The van der Waals surface area contributed by atoms with Gasteiger partial charge in [0, 0.05) is 16.7 Å². The number of hydrogen-bond acceptors (Lipinski definition) is 2. The summed E-state index contributed by atoms with van der Waals surface area (Å²) in [6.45, 7) is 0.769. The van der Waals surface area contributed by atoms with E-state index in [1.807, 2.05) is 6.07 Å². The van der Waals surface area contributed by atoms with Crippen LogP contribution in [0.3, 0.4) is 0 Å². The normalized spacial score (nSPS) is 15.0. The van der Waals surface area contributed by atoms with Crippen molar-refractivity contribution in [3.05, 3.63) is 28.2 Å². The molecule has 0 aliphatic heterocycles. The van der Waals surface area contributed by atoms with E-state index >= 15 is 0 Å². The average molecular weight is 269 g/mol. The molecule has 1 saturated carbocycles. The standard InChI is InChI=1S/C11H13BrN2O/c12-8-3-4-10(13)9(5-8)11(15)14-6-7-1-2-7/h3-5,7H,1-2,6,13H2,(H,14,15). The molecule has 1 fully saturated rings. The van der Waals surface area contributed by atoms with E-state index in [1.165, 1.54) is 12.8 Å². The van der Waals surface area contributed by atoms with Gasteiger partial charge in [-0.3, -0.25) is 4.79 Å². The molecular weight excluding hydrogens is 256 g/mol. The maximum atomic E-state index is 11.7. The smallest absolute Gasteiger partial charge is 0.253 e. The summed E-state index contributed by atoms with van der Waals surface area (Å²) in [5, 5.41) is 2.89. The summed E-state index contributed by atoms with van der Waals surface area (Å²) in [7, 11) is 0. The number of rotatable bonds is 3. The second-order valence-corrected chi connectivity index (χ2v) is 4.80. The fourth-order valence-corrected chi connectivity index (χ4v) is 1.74. The van der Waals surface area contributed by atoms with Gasteiger partial charge in [0.25, 0.3) is 5.91 Å². The van der Waals surface area contributed by atoms with Crippen molar-refractivity contribution in [1.82, 2.24) is 5.32 Å². The monoisotopic (exact) mass is 268 g/mol. The number of halogens is 1. The van der Waals surface area contributed by atoms with Gasteiger partial charge in [-0.25, -0.2) is 0 Å². The van der Waals surface area contributed by atoms with Crippen LogP contribution in [0.2, 0.25) is 0 Å². The van der Waals surface area contributed by atoms with Gasteiger partial charge in [-0.05, 0) is 37.0 Å². The molecule has 3 N–H and O–H groups in total. The van der Waals surface area contributed by atoms with Crippen molar-refractivity contribution in [2.75, 3.05) is 12.3 Å². The van der Waals surface area contributed by atoms with Gasteiger partial charge in [0.1, 0.15) is 0 Å². The minimum Gasteiger partial charge on any atom is -0.398 e. The second-order valence-electron chi connectivity index (χ2n) is 3.88. The van der Waals surface area contributed by atoms with Crippen LogP contribution >= 0.6 is 15.9 Å². The third-order valence-electron chi connectivity index (χ3n) is 2.51. The summed E-state index contributed by atoms with van der Waals surface area (Å²) in [4.78, 5) is 11.7. The summed E-state index contributed by atoms with van der Waals surface area (Å²) >= 11 is 3.32. The molecule has 2 rings (SSSR count). The zero-order valence-electron chi connectivity index (χ0n) is 8.29. The first-order chi connectivity index (χ1) is 7.16. The van der Waals surface area contributed by atoms with Gasteiger partial charge < -0.3 is 11.1 Å². The van der Waals surface area contributed by atoms with Crippen LogP contribution in [0.15, 0.2) is 22.7 Å². The molecule has 15 heavy (non-hydrogen) atoms. The number of benzene rings is 1. The molecule has 3 nitrogen and oxygen atoms in total. The summed E-state index contributed by atoms with van der Waals surface area (Å²) in [5.74, 6) is 0.600. The van der Waals surface area contributed by atoms with Crippen molar-refractivity contribution in [3.8, 4) is 0 Å². The lowest BCUT2D eigenvalue weighted by Gasteiger charge is -2.07. The Kier molecular flexibility index (Phi) is 2.95. The van der Waals surface area contributed by atoms with E-state index < -0.39 is 0 Å². The van der Waals surface area contributed by atoms with E-state index in [-0.39, 0.29) is 5.91 Å². The van der Waals surface area contributed by atoms with Crippen molar-refractivity contribution >= 4 is 27.5 Å². The van der Waals surface area contributed by atoms with E-state index in [0.29, 0.717) is 17.2 Å². The lowest BCUT2D eigenvalue weighted by molar-refractivity contribution is 0.0952. The Labute approximate surface area is 97.2 Å². The molecule has 0 saturated heterocycles. The molecule has 0 heterocycles. The Morgan fingerprint density at radius 3 is 2.93 bits per heavy atom. The van der Waals surface area contributed by atoms with E-state index in [2.05, 4.69) is 21.2 Å². The van der Waals surface area contributed by atoms with Crippen molar-refractivity contribution in [1.29, 1.82) is 0 Å². The van der Waals surface area contributed by atoms with Gasteiger partial charge in [0.15, 0.2) is 0 Å². The molecule has 4 heteroatoms. The zero-order chi connectivity index (χ0) is 10.8. The van der Waals surface area contributed by atoms with Crippen LogP contribution in [0.5, 0.6) is 0 Å². The summed E-state index contributed by atoms with van der Waals surface area (Å²) in [5.41, 5.74) is 6.80. The Morgan fingerprint density at radius 2 is 2.27 bits per heavy atom. The van der Waals surface area contributed by atoms with Crippen molar-refractivity contribution in [2.45, 2.75) is 12.8 Å². The number of hydrogen-bond donors (Lipinski definition) is 2. The number of nitrogens with two attached hydrogens (primary N) is 1. The predicted octanol–water partition coefficient (Wildman–Crippen LogP) is 2.17. The molecular formula is C11H13BrN2O. The topological polar surface area (TPSA) is 55.1 Å². The highest BCUT2D eigenvalue weighted by Crippen LogP contribution is 2.27. The van der Waals surface area contributed by atoms with Gasteiger partial charge in [0.2, 0.25) is 0 Å². The zero-order valence-corrected chi connectivity index (χ0v) is 9.88. The maximum Gasteiger partial charge on any atom is 0.253 e. The minimum absolute atomic E-state index is 0.0827. The first-order valence-corrected chi connectivity index (χ1v) is 5.79. The van der Waals surface area contributed by atoms with Gasteiger partial charge in [-0.2, -0.15) is 0 Å². The molecule has 1 aromatic rings. The van der Waals surface area contributed by atoms with E-state index in [1.54, 1.807) is 12.1 Å². The molecule has 0 bridgehead atoms. The predicted molar refractivity (Wildman–Crippen MR) is 63.6 cm³/mol. The Balaban J connectivity index is 2.05. The van der Waals surface area contributed by atoms with Crippen LogP contribution < -0.4 is 11.1 Å². The summed E-state index contributed by atoms with van der Waals surface area (Å²) in [6.07, 6.45) is 2.46. The summed E-state index contributed by atoms with van der Waals surface area (Å²) < 4.78 is 0.869. The van der Waals surface area contributed by atoms with Gasteiger partial charge in [0.05, 0.1) is 5.56 Å². The lowest BCUT2D eigenvalue weighted by atomic mass is 10.1. The van der Waals surface area contributed by atoms with Crippen molar-refractivity contribution in [2.24, 2.45) is 5.92 Å². The fraction of sp³-hybridized carbons (Fsp3) is 0.364. The first-order valence-electron chi connectivity index (χ1n) is 5.00. The molecule has 1 aromatic carbocycles. The average Bonchev–Trinajstić information content (AvgIpc) is 3.02. The number of amides is 1. The Hall–Kier alpha value is -1.03. The molecule has 0 aromatic heterocycles. The van der Waals surface area contributed by atoms with Gasteiger partial charge in [-0.15, -0.1) is 0 Å². The quantitative estimate of drug-likeness (QED) is 0.826. The SMILES string of the molecule is Nc1ccc(Br)cc1C(=O)NCC1CC1. The van der Waals surface area contributed by atoms with Gasteiger partial charge in [-0.1, -0.05) is 15.9 Å². The Bertz CT molecular complexity index is 388. The van der Waals surface area contributed by atoms with Crippen LogP contribution in [0.25, 0.3) is 0 Å². The third-order valence-corrected chi connectivity index (χ3v) is 3.00. The molecule has 1 aliphatic carbocycles. The second kappa shape index (κ2) is 4.23. The van der Waals surface area contributed by atoms with E-state index in [4.69, 9.17) is 5.73 Å². The number of carbonyl (C=O) groups is 1. The largest absolute Gasteiger partial charge is 0.398 e. The van der Waals surface area contributed by atoms with Crippen LogP contribution in [-0.2, 0) is 0 Å². The fourth-order valence-electron chi connectivity index (χ4n) is 1.38. The molecule has 0 atom stereocenters. The number of nitrogen functional groups attached to an aromatic ring is 1. The third kappa shape index (κ3) is 2.72. The van der Waals surface area contributed by atoms with Crippen LogP contribution in [0.4, 0.5) is 5.69 Å². The van der Waals surface area contributed by atoms with Crippen LogP contribution in [0.1, 0.15) is 23.2 Å².